The Morgan fingerprint density at radius 3 is 2.44 bits per heavy atom. The number of rotatable bonds is 4. The highest BCUT2D eigenvalue weighted by Gasteiger charge is 2.30. The smallest absolute Gasteiger partial charge is 0.271 e. The summed E-state index contributed by atoms with van der Waals surface area (Å²) in [5.41, 5.74) is 5.53. The van der Waals surface area contributed by atoms with Gasteiger partial charge in [-0.25, -0.2) is 14.4 Å². The maximum Gasteiger partial charge on any atom is 0.275 e. The van der Waals surface area contributed by atoms with Gasteiger partial charge in [-0.2, -0.15) is 5.01 Å². The molecule has 0 saturated heterocycles. The number of thiophene rings is 1. The zero-order valence-electron chi connectivity index (χ0n) is 16.7. The second kappa shape index (κ2) is 8.49. The Kier molecular flexibility index (Phi) is 5.73. The molecule has 0 aliphatic carbocycles. The largest absolute Gasteiger partial charge is 0.275 e. The van der Waals surface area contributed by atoms with Gasteiger partial charge in [0.1, 0.15) is 10.6 Å². The minimum Gasteiger partial charge on any atom is -0.271 e. The monoisotopic (exact) mass is 466 g/mol. The van der Waals surface area contributed by atoms with E-state index in [1.165, 1.54) is 29.5 Å². The lowest BCUT2D eigenvalue weighted by atomic mass is 10.1. The van der Waals surface area contributed by atoms with Crippen molar-refractivity contribution >= 4 is 51.6 Å². The van der Waals surface area contributed by atoms with Crippen molar-refractivity contribution in [2.75, 3.05) is 5.43 Å². The van der Waals surface area contributed by atoms with Gasteiger partial charge in [-0.1, -0.05) is 42.5 Å². The van der Waals surface area contributed by atoms with Gasteiger partial charge in [-0.05, 0) is 24.6 Å². The molecule has 1 N–H and O–H groups in total. The van der Waals surface area contributed by atoms with Crippen molar-refractivity contribution in [2.45, 2.75) is 6.92 Å². The summed E-state index contributed by atoms with van der Waals surface area (Å²) < 4.78 is 13.8. The van der Waals surface area contributed by atoms with Gasteiger partial charge >= 0.3 is 0 Å². The Balaban J connectivity index is 0.00000245. The molecule has 0 saturated carbocycles. The molecule has 5 rings (SSSR count). The predicted octanol–water partition coefficient (Wildman–Crippen LogP) is 5.23. The minimum atomic E-state index is -0.474. The Bertz CT molecular complexity index is 1390. The molecule has 3 heterocycles. The number of hydrogen-bond acceptors (Lipinski definition) is 6. The van der Waals surface area contributed by atoms with Crippen LogP contribution in [0.4, 0.5) is 10.2 Å². The molecule has 0 bridgehead atoms. The number of anilines is 1. The average molecular weight is 467 g/mol. The number of halogens is 2. The molecule has 6 nitrogen and oxygen atoms in total. The van der Waals surface area contributed by atoms with Crippen LogP contribution in [0.2, 0.25) is 0 Å². The molecule has 2 amide bonds. The summed E-state index contributed by atoms with van der Waals surface area (Å²) >= 11 is 1.41. The van der Waals surface area contributed by atoms with Gasteiger partial charge in [0.15, 0.2) is 11.6 Å². The Morgan fingerprint density at radius 1 is 1.00 bits per heavy atom. The summed E-state index contributed by atoms with van der Waals surface area (Å²) in [7, 11) is 0. The van der Waals surface area contributed by atoms with Gasteiger partial charge in [-0.15, -0.1) is 23.7 Å². The first-order chi connectivity index (χ1) is 15.0. The number of hydrogen-bond donors (Lipinski definition) is 1. The zero-order chi connectivity index (χ0) is 21.5. The van der Waals surface area contributed by atoms with Gasteiger partial charge in [-0.3, -0.25) is 15.0 Å². The fourth-order valence-corrected chi connectivity index (χ4v) is 4.36. The van der Waals surface area contributed by atoms with Gasteiger partial charge in [0.2, 0.25) is 0 Å². The summed E-state index contributed by atoms with van der Waals surface area (Å²) in [6.07, 6.45) is 1.27. The van der Waals surface area contributed by atoms with Crippen molar-refractivity contribution in [3.63, 3.8) is 0 Å². The number of fused-ring (bicyclic) bond motifs is 1. The molecular formula is C23H16ClFN4O2S. The first kappa shape index (κ1) is 21.6. The fraction of sp³-hybridized carbons (Fsp3) is 0.0435. The van der Waals surface area contributed by atoms with Crippen LogP contribution >= 0.6 is 23.7 Å². The number of imide groups is 1. The predicted molar refractivity (Wildman–Crippen MR) is 125 cm³/mol. The molecule has 32 heavy (non-hydrogen) atoms. The lowest BCUT2D eigenvalue weighted by Gasteiger charge is -2.18. The van der Waals surface area contributed by atoms with Crippen molar-refractivity contribution in [3.05, 3.63) is 77.4 Å². The Labute approximate surface area is 192 Å². The Morgan fingerprint density at radius 2 is 1.75 bits per heavy atom. The zero-order valence-corrected chi connectivity index (χ0v) is 18.3. The summed E-state index contributed by atoms with van der Waals surface area (Å²) in [6, 6.07) is 15.7. The van der Waals surface area contributed by atoms with Crippen LogP contribution in [-0.4, -0.2) is 26.8 Å². The molecule has 1 aliphatic heterocycles. The molecular weight excluding hydrogens is 451 g/mol. The van der Waals surface area contributed by atoms with Gasteiger partial charge in [0, 0.05) is 28.2 Å². The van der Waals surface area contributed by atoms with E-state index in [4.69, 9.17) is 0 Å². The summed E-state index contributed by atoms with van der Waals surface area (Å²) in [5.74, 6) is -0.732. The van der Waals surface area contributed by atoms with Crippen molar-refractivity contribution < 1.29 is 14.0 Å². The number of carbonyl (C=O) groups excluding carboxylic acids is 2. The number of amides is 2. The normalized spacial score (nSPS) is 13.3. The maximum atomic E-state index is 13.8. The number of aromatic nitrogens is 2. The van der Waals surface area contributed by atoms with E-state index in [0.717, 1.165) is 16.1 Å². The molecule has 0 spiro atoms. The molecule has 9 heteroatoms. The molecule has 0 fully saturated rings. The molecule has 0 unspecified atom stereocenters. The lowest BCUT2D eigenvalue weighted by molar-refractivity contribution is -0.135. The highest BCUT2D eigenvalue weighted by Crippen LogP contribution is 2.38. The first-order valence-corrected chi connectivity index (χ1v) is 10.3. The van der Waals surface area contributed by atoms with Crippen molar-refractivity contribution in [3.8, 4) is 22.5 Å². The van der Waals surface area contributed by atoms with Crippen molar-refractivity contribution in [1.29, 1.82) is 0 Å². The highest BCUT2D eigenvalue weighted by atomic mass is 35.5. The molecule has 1 aliphatic rings. The van der Waals surface area contributed by atoms with E-state index in [1.807, 2.05) is 35.7 Å². The van der Waals surface area contributed by atoms with Crippen molar-refractivity contribution in [1.82, 2.24) is 15.0 Å². The second-order valence-electron chi connectivity index (χ2n) is 7.02. The van der Waals surface area contributed by atoms with Gasteiger partial charge in [0.25, 0.3) is 11.8 Å². The number of nitrogens with one attached hydrogen (secondary N) is 1. The van der Waals surface area contributed by atoms with Crippen LogP contribution in [0.1, 0.15) is 6.92 Å². The molecule has 160 valence electrons. The number of benzene rings is 2. The van der Waals surface area contributed by atoms with E-state index in [1.54, 1.807) is 19.1 Å². The van der Waals surface area contributed by atoms with E-state index in [0.29, 0.717) is 33.0 Å². The lowest BCUT2D eigenvalue weighted by Crippen LogP contribution is -2.36. The van der Waals surface area contributed by atoms with E-state index in [9.17, 15) is 14.0 Å². The molecule has 0 atom stereocenters. The average Bonchev–Trinajstić information content (AvgIpc) is 3.31. The van der Waals surface area contributed by atoms with E-state index < -0.39 is 17.6 Å². The first-order valence-electron chi connectivity index (χ1n) is 9.45. The topological polar surface area (TPSA) is 75.2 Å². The minimum absolute atomic E-state index is 0. The van der Waals surface area contributed by atoms with Crippen LogP contribution in [-0.2, 0) is 9.59 Å². The van der Waals surface area contributed by atoms with Crippen LogP contribution in [0.25, 0.3) is 32.7 Å². The number of nitrogens with zero attached hydrogens (tertiary/aromatic N) is 3. The third kappa shape index (κ3) is 3.74. The van der Waals surface area contributed by atoms with Gasteiger partial charge in [0.05, 0.1) is 5.39 Å². The van der Waals surface area contributed by atoms with Gasteiger partial charge < -0.3 is 0 Å². The van der Waals surface area contributed by atoms with E-state index in [2.05, 4.69) is 15.4 Å². The third-order valence-electron chi connectivity index (χ3n) is 4.92. The summed E-state index contributed by atoms with van der Waals surface area (Å²) in [4.78, 5) is 34.6. The Hall–Kier alpha value is -3.62. The molecule has 4 aromatic rings. The number of carbonyl (C=O) groups is 2. The standard InChI is InChI=1S/C23H15FN4O2S.ClH/c1-13-10-18(29)28(23(13)30)27-21-19-17(14-6-3-2-4-7-14)12-31-22(19)26-20(25-21)15-8-5-9-16(24)11-15;/h2-12H,1H3,(H,25,26,27);1H. The number of hydrazine groups is 1. The fourth-order valence-electron chi connectivity index (χ4n) is 3.41. The second-order valence-corrected chi connectivity index (χ2v) is 7.88. The van der Waals surface area contributed by atoms with Crippen LogP contribution in [0.5, 0.6) is 0 Å². The van der Waals surface area contributed by atoms with Crippen LogP contribution in [0.15, 0.2) is 71.6 Å². The van der Waals surface area contributed by atoms with E-state index in [-0.39, 0.29) is 12.4 Å². The quantitative estimate of drug-likeness (QED) is 0.417. The summed E-state index contributed by atoms with van der Waals surface area (Å²) in [5, 5.41) is 3.56. The molecule has 2 aromatic heterocycles. The van der Waals surface area contributed by atoms with Crippen molar-refractivity contribution in [2.24, 2.45) is 0 Å². The van der Waals surface area contributed by atoms with E-state index >= 15 is 0 Å². The SMILES string of the molecule is CC1=CC(=O)N(Nc2nc(-c3cccc(F)c3)nc3scc(-c4ccccc4)c23)C1=O.Cl. The maximum absolute atomic E-state index is 13.8. The molecule has 0 radical (unpaired) electrons. The third-order valence-corrected chi connectivity index (χ3v) is 5.79. The van der Waals surface area contributed by atoms with Crippen LogP contribution in [0.3, 0.4) is 0 Å². The van der Waals surface area contributed by atoms with Crippen LogP contribution in [0, 0.1) is 5.82 Å². The van der Waals surface area contributed by atoms with Crippen LogP contribution < -0.4 is 5.43 Å². The summed E-state index contributed by atoms with van der Waals surface area (Å²) in [6.45, 7) is 1.58. The highest BCUT2D eigenvalue weighted by molar-refractivity contribution is 7.17. The molecule has 2 aromatic carbocycles.